The number of nitrogens with one attached hydrogen (secondary N) is 2. The van der Waals surface area contributed by atoms with Gasteiger partial charge in [0.2, 0.25) is 0 Å². The van der Waals surface area contributed by atoms with E-state index < -0.39 is 17.6 Å². The molecule has 1 aromatic heterocycles. The van der Waals surface area contributed by atoms with Crippen molar-refractivity contribution in [2.75, 3.05) is 6.61 Å². The third kappa shape index (κ3) is 4.84. The maximum Gasteiger partial charge on any atom is 0.336 e. The summed E-state index contributed by atoms with van der Waals surface area (Å²) >= 11 is 0. The predicted molar refractivity (Wildman–Crippen MR) is 84.4 cm³/mol. The van der Waals surface area contributed by atoms with E-state index >= 15 is 0 Å². The minimum Gasteiger partial charge on any atom is -0.484 e. The van der Waals surface area contributed by atoms with Crippen molar-refractivity contribution in [3.8, 4) is 5.75 Å². The molecule has 0 radical (unpaired) electrons. The highest BCUT2D eigenvalue weighted by atomic mass is 16.5. The van der Waals surface area contributed by atoms with Crippen LogP contribution in [0, 0.1) is 0 Å². The van der Waals surface area contributed by atoms with Gasteiger partial charge in [-0.15, -0.1) is 0 Å². The number of rotatable bonds is 5. The Kier molecular flexibility index (Phi) is 5.35. The van der Waals surface area contributed by atoms with E-state index in [2.05, 4.69) is 10.6 Å². The van der Waals surface area contributed by atoms with Crippen LogP contribution in [0.2, 0.25) is 0 Å². The van der Waals surface area contributed by atoms with Crippen molar-refractivity contribution >= 4 is 22.9 Å². The molecule has 7 nitrogen and oxygen atoms in total. The van der Waals surface area contributed by atoms with E-state index in [0.717, 1.165) is 11.8 Å². The van der Waals surface area contributed by atoms with E-state index in [1.807, 2.05) is 13.8 Å². The molecular formula is C16H18N2O5. The van der Waals surface area contributed by atoms with Crippen molar-refractivity contribution in [1.82, 2.24) is 10.6 Å². The number of imide groups is 1. The molecule has 23 heavy (non-hydrogen) atoms. The van der Waals surface area contributed by atoms with E-state index in [1.165, 1.54) is 12.1 Å². The molecule has 0 spiro atoms. The molecule has 0 bridgehead atoms. The van der Waals surface area contributed by atoms with Crippen molar-refractivity contribution < 1.29 is 18.7 Å². The molecule has 0 aliphatic rings. The van der Waals surface area contributed by atoms with Gasteiger partial charge in [0.15, 0.2) is 6.61 Å². The number of urea groups is 1. The summed E-state index contributed by atoms with van der Waals surface area (Å²) in [6.45, 7) is 3.44. The fourth-order valence-corrected chi connectivity index (χ4v) is 1.80. The molecule has 0 aliphatic heterocycles. The highest BCUT2D eigenvalue weighted by Gasteiger charge is 2.10. The van der Waals surface area contributed by atoms with Crippen LogP contribution in [0.15, 0.2) is 39.5 Å². The number of amides is 3. The molecule has 3 amide bonds. The van der Waals surface area contributed by atoms with Crippen LogP contribution in [0.4, 0.5) is 4.79 Å². The highest BCUT2D eigenvalue weighted by molar-refractivity contribution is 5.95. The molecule has 1 heterocycles. The molecule has 0 saturated heterocycles. The summed E-state index contributed by atoms with van der Waals surface area (Å²) < 4.78 is 10.3. The van der Waals surface area contributed by atoms with Gasteiger partial charge in [0.25, 0.3) is 5.91 Å². The average Bonchev–Trinajstić information content (AvgIpc) is 2.52. The first kappa shape index (κ1) is 16.5. The molecule has 0 aliphatic carbocycles. The molecule has 122 valence electrons. The summed E-state index contributed by atoms with van der Waals surface area (Å²) in [6, 6.07) is 7.26. The summed E-state index contributed by atoms with van der Waals surface area (Å²) in [7, 11) is 0. The maximum atomic E-state index is 11.6. The van der Waals surface area contributed by atoms with Crippen LogP contribution >= 0.6 is 0 Å². The summed E-state index contributed by atoms with van der Waals surface area (Å²) in [5.74, 6) is -0.204. The lowest BCUT2D eigenvalue weighted by atomic mass is 10.2. The van der Waals surface area contributed by atoms with Crippen molar-refractivity contribution in [2.24, 2.45) is 0 Å². The molecule has 2 N–H and O–H groups in total. The summed E-state index contributed by atoms with van der Waals surface area (Å²) in [6.07, 6.45) is 0.764. The number of hydrogen-bond acceptors (Lipinski definition) is 5. The fourth-order valence-electron chi connectivity index (χ4n) is 1.80. The number of fused-ring (bicyclic) bond motifs is 1. The van der Waals surface area contributed by atoms with Crippen molar-refractivity contribution in [2.45, 2.75) is 26.3 Å². The van der Waals surface area contributed by atoms with Crippen molar-refractivity contribution in [3.05, 3.63) is 40.8 Å². The van der Waals surface area contributed by atoms with E-state index in [4.69, 9.17) is 9.15 Å². The van der Waals surface area contributed by atoms with Gasteiger partial charge < -0.3 is 14.5 Å². The van der Waals surface area contributed by atoms with Gasteiger partial charge in [-0.2, -0.15) is 0 Å². The van der Waals surface area contributed by atoms with Crippen LogP contribution in [0.1, 0.15) is 20.3 Å². The Balaban J connectivity index is 1.91. The van der Waals surface area contributed by atoms with Crippen LogP contribution in [0.3, 0.4) is 0 Å². The Morgan fingerprint density at radius 1 is 1.26 bits per heavy atom. The third-order valence-corrected chi connectivity index (χ3v) is 3.21. The minimum absolute atomic E-state index is 0.0212. The first-order valence-corrected chi connectivity index (χ1v) is 7.25. The van der Waals surface area contributed by atoms with Gasteiger partial charge in [0.1, 0.15) is 11.3 Å². The normalized spacial score (nSPS) is 11.7. The second kappa shape index (κ2) is 7.44. The molecule has 1 aromatic carbocycles. The van der Waals surface area contributed by atoms with Gasteiger partial charge in [-0.1, -0.05) is 6.92 Å². The maximum absolute atomic E-state index is 11.6. The van der Waals surface area contributed by atoms with E-state index in [-0.39, 0.29) is 12.6 Å². The first-order valence-electron chi connectivity index (χ1n) is 7.25. The Hall–Kier alpha value is -2.83. The molecule has 0 unspecified atom stereocenters. The second-order valence-electron chi connectivity index (χ2n) is 5.07. The molecule has 1 atom stereocenters. The summed E-state index contributed by atoms with van der Waals surface area (Å²) in [5, 5.41) is 5.53. The summed E-state index contributed by atoms with van der Waals surface area (Å²) in [5.41, 5.74) is -0.0981. The minimum atomic E-state index is -0.569. The quantitative estimate of drug-likeness (QED) is 0.819. The molecule has 7 heteroatoms. The largest absolute Gasteiger partial charge is 0.484 e. The lowest BCUT2D eigenvalue weighted by Gasteiger charge is -2.12. The Morgan fingerprint density at radius 3 is 2.74 bits per heavy atom. The Labute approximate surface area is 132 Å². The van der Waals surface area contributed by atoms with Gasteiger partial charge in [0, 0.05) is 23.6 Å². The van der Waals surface area contributed by atoms with Crippen molar-refractivity contribution in [1.29, 1.82) is 0 Å². The molecule has 0 saturated carbocycles. The number of hydrogen-bond donors (Lipinski definition) is 2. The second-order valence-corrected chi connectivity index (χ2v) is 5.07. The Morgan fingerprint density at radius 2 is 2.00 bits per heavy atom. The zero-order valence-electron chi connectivity index (χ0n) is 12.9. The monoisotopic (exact) mass is 318 g/mol. The average molecular weight is 318 g/mol. The standard InChI is InChI=1S/C16H18N2O5/c1-3-10(2)17-16(21)18-14(19)9-22-12-6-4-11-5-7-15(20)23-13(11)8-12/h4-8,10H,3,9H2,1-2H3,(H2,17,18,19,21)/t10-/m0/s1. The molecule has 0 fully saturated rings. The molecule has 2 rings (SSSR count). The van der Waals surface area contributed by atoms with E-state index in [9.17, 15) is 14.4 Å². The SMILES string of the molecule is CC[C@H](C)NC(=O)NC(=O)COc1ccc2ccc(=O)oc2c1. The highest BCUT2D eigenvalue weighted by Crippen LogP contribution is 2.19. The zero-order valence-corrected chi connectivity index (χ0v) is 12.9. The molecule has 2 aromatic rings. The smallest absolute Gasteiger partial charge is 0.336 e. The third-order valence-electron chi connectivity index (χ3n) is 3.21. The Bertz CT molecular complexity index is 768. The number of ether oxygens (including phenoxy) is 1. The van der Waals surface area contributed by atoms with Crippen LogP contribution in [0.5, 0.6) is 5.75 Å². The zero-order chi connectivity index (χ0) is 16.8. The van der Waals surface area contributed by atoms with Crippen LogP contribution in [-0.2, 0) is 4.79 Å². The van der Waals surface area contributed by atoms with Crippen LogP contribution in [-0.4, -0.2) is 24.6 Å². The number of carbonyl (C=O) groups is 2. The molecular weight excluding hydrogens is 300 g/mol. The summed E-state index contributed by atoms with van der Waals surface area (Å²) in [4.78, 5) is 34.3. The first-order chi connectivity index (χ1) is 11.0. The number of carbonyl (C=O) groups excluding carboxylic acids is 2. The lowest BCUT2D eigenvalue weighted by Crippen LogP contribution is -2.44. The number of benzene rings is 1. The van der Waals surface area contributed by atoms with Gasteiger partial charge in [-0.05, 0) is 31.5 Å². The van der Waals surface area contributed by atoms with E-state index in [0.29, 0.717) is 11.3 Å². The topological polar surface area (TPSA) is 97.6 Å². The van der Waals surface area contributed by atoms with Crippen LogP contribution in [0.25, 0.3) is 11.0 Å². The van der Waals surface area contributed by atoms with Gasteiger partial charge in [-0.3, -0.25) is 10.1 Å². The van der Waals surface area contributed by atoms with Gasteiger partial charge >= 0.3 is 11.7 Å². The van der Waals surface area contributed by atoms with Crippen LogP contribution < -0.4 is 21.0 Å². The van der Waals surface area contributed by atoms with E-state index in [1.54, 1.807) is 18.2 Å². The lowest BCUT2D eigenvalue weighted by molar-refractivity contribution is -0.122. The van der Waals surface area contributed by atoms with Crippen molar-refractivity contribution in [3.63, 3.8) is 0 Å². The van der Waals surface area contributed by atoms with Gasteiger partial charge in [-0.25, -0.2) is 9.59 Å². The van der Waals surface area contributed by atoms with Gasteiger partial charge in [0.05, 0.1) is 0 Å². The predicted octanol–water partition coefficient (Wildman–Crippen LogP) is 1.80. The fraction of sp³-hybridized carbons (Fsp3) is 0.312.